The first-order valence-electron chi connectivity index (χ1n) is 14.1. The van der Waals surface area contributed by atoms with E-state index in [4.69, 9.17) is 4.43 Å². The molecule has 0 saturated heterocycles. The molecular formula is C31H51NO4Si. The number of aryl methyl sites for hydroxylation is 1. The monoisotopic (exact) mass is 529 g/mol. The maximum absolute atomic E-state index is 11.6. The van der Waals surface area contributed by atoms with E-state index in [9.17, 15) is 15.0 Å². The van der Waals surface area contributed by atoms with Crippen molar-refractivity contribution < 1.29 is 19.4 Å². The topological polar surface area (TPSA) is 78.8 Å². The first kappa shape index (κ1) is 31.5. The van der Waals surface area contributed by atoms with Crippen molar-refractivity contribution in [2.45, 2.75) is 109 Å². The molecule has 37 heavy (non-hydrogen) atoms. The standard InChI is InChI=1S/C31H51NO4Si/c1-7-32-30(35)18-14-9-8-13-17-26-27(29(34)23-28(26)33)22-21-25(36-37(5,6)31(2,3)4)20-19-24-15-11-10-12-16-24/h8,10-13,15-16,21-22,25-29,33-34H,7,9,14,17-20,23H2,1-6H3,(H,32,35)/b13-8-,22-21+/t25-,26+,27+,28-,29+/m0/s1. The molecular weight excluding hydrogens is 478 g/mol. The van der Waals surface area contributed by atoms with E-state index < -0.39 is 20.5 Å². The lowest BCUT2D eigenvalue weighted by atomic mass is 9.89. The molecule has 1 fully saturated rings. The lowest BCUT2D eigenvalue weighted by Gasteiger charge is -2.39. The quantitative estimate of drug-likeness (QED) is 0.153. The third-order valence-electron chi connectivity index (χ3n) is 8.00. The van der Waals surface area contributed by atoms with Crippen LogP contribution >= 0.6 is 0 Å². The highest BCUT2D eigenvalue weighted by atomic mass is 28.4. The molecule has 1 aromatic carbocycles. The molecule has 5 nitrogen and oxygen atoms in total. The van der Waals surface area contributed by atoms with E-state index in [1.807, 2.05) is 13.0 Å². The number of unbranched alkanes of at least 4 members (excludes halogenated alkanes) is 1. The van der Waals surface area contributed by atoms with Gasteiger partial charge in [-0.2, -0.15) is 0 Å². The van der Waals surface area contributed by atoms with Gasteiger partial charge in [0.25, 0.3) is 0 Å². The molecule has 1 aromatic rings. The zero-order chi connectivity index (χ0) is 27.5. The van der Waals surface area contributed by atoms with Crippen molar-refractivity contribution in [3.8, 4) is 0 Å². The summed E-state index contributed by atoms with van der Waals surface area (Å²) < 4.78 is 6.80. The van der Waals surface area contributed by atoms with Crippen LogP contribution in [0, 0.1) is 11.8 Å². The summed E-state index contributed by atoms with van der Waals surface area (Å²) in [6.45, 7) is 13.9. The molecule has 0 radical (unpaired) electrons. The van der Waals surface area contributed by atoms with Gasteiger partial charge in [-0.05, 0) is 68.6 Å². The molecule has 5 atom stereocenters. The second-order valence-electron chi connectivity index (χ2n) is 12.0. The largest absolute Gasteiger partial charge is 0.411 e. The van der Waals surface area contributed by atoms with E-state index in [1.165, 1.54) is 5.56 Å². The van der Waals surface area contributed by atoms with E-state index in [-0.39, 0.29) is 28.9 Å². The molecule has 1 saturated carbocycles. The number of hydrogen-bond acceptors (Lipinski definition) is 4. The number of allylic oxidation sites excluding steroid dienone is 2. The first-order valence-corrected chi connectivity index (χ1v) is 17.0. The Bertz CT molecular complexity index is 862. The highest BCUT2D eigenvalue weighted by Gasteiger charge is 2.41. The van der Waals surface area contributed by atoms with Crippen LogP contribution in [0.2, 0.25) is 18.1 Å². The number of carbonyl (C=O) groups is 1. The van der Waals surface area contributed by atoms with Gasteiger partial charge in [0.15, 0.2) is 8.32 Å². The minimum atomic E-state index is -1.98. The van der Waals surface area contributed by atoms with Gasteiger partial charge in [-0.15, -0.1) is 0 Å². The summed E-state index contributed by atoms with van der Waals surface area (Å²) in [6, 6.07) is 10.5. The van der Waals surface area contributed by atoms with Gasteiger partial charge in [0.05, 0.1) is 18.3 Å². The smallest absolute Gasteiger partial charge is 0.219 e. The van der Waals surface area contributed by atoms with Gasteiger partial charge in [0.2, 0.25) is 5.91 Å². The summed E-state index contributed by atoms with van der Waals surface area (Å²) in [5, 5.41) is 24.4. The van der Waals surface area contributed by atoms with Crippen LogP contribution in [0.15, 0.2) is 54.6 Å². The number of benzene rings is 1. The summed E-state index contributed by atoms with van der Waals surface area (Å²) in [5.74, 6) is -0.0251. The van der Waals surface area contributed by atoms with Gasteiger partial charge in [-0.25, -0.2) is 0 Å². The third-order valence-corrected chi connectivity index (χ3v) is 12.5. The Morgan fingerprint density at radius 1 is 1.16 bits per heavy atom. The van der Waals surface area contributed by atoms with Crippen molar-refractivity contribution in [3.05, 3.63) is 60.2 Å². The molecule has 0 aromatic heterocycles. The van der Waals surface area contributed by atoms with Crippen LogP contribution < -0.4 is 5.32 Å². The zero-order valence-corrected chi connectivity index (χ0v) is 25.0. The Labute approximate surface area is 226 Å². The van der Waals surface area contributed by atoms with Crippen LogP contribution in [0.1, 0.15) is 71.8 Å². The number of rotatable bonds is 14. The fourth-order valence-corrected chi connectivity index (χ4v) is 6.01. The SMILES string of the molecule is CCNC(=O)CCC/C=C\C[C@@H]1[C@@H](/C=C/[C@H](CCc2ccccc2)O[Si](C)(C)C(C)(C)C)[C@H](O)C[C@@H]1O. The Balaban J connectivity index is 2.05. The number of aliphatic hydroxyl groups is 2. The molecule has 0 unspecified atom stereocenters. The van der Waals surface area contributed by atoms with Gasteiger partial charge in [-0.3, -0.25) is 4.79 Å². The van der Waals surface area contributed by atoms with Crippen molar-refractivity contribution in [2.75, 3.05) is 6.54 Å². The lowest BCUT2D eigenvalue weighted by Crippen LogP contribution is -2.43. The van der Waals surface area contributed by atoms with Crippen LogP contribution in [0.4, 0.5) is 0 Å². The molecule has 3 N–H and O–H groups in total. The van der Waals surface area contributed by atoms with Crippen LogP contribution in [-0.2, 0) is 15.6 Å². The number of hydrogen-bond donors (Lipinski definition) is 3. The molecule has 0 spiro atoms. The fourth-order valence-electron chi connectivity index (χ4n) is 4.70. The third kappa shape index (κ3) is 10.5. The summed E-state index contributed by atoms with van der Waals surface area (Å²) >= 11 is 0. The van der Waals surface area contributed by atoms with E-state index >= 15 is 0 Å². The Kier molecular flexibility index (Phi) is 12.8. The maximum Gasteiger partial charge on any atom is 0.219 e. The molecule has 208 valence electrons. The first-order chi connectivity index (χ1) is 17.4. The van der Waals surface area contributed by atoms with E-state index in [0.717, 1.165) is 25.7 Å². The summed E-state index contributed by atoms with van der Waals surface area (Å²) in [7, 11) is -1.98. The fraction of sp³-hybridized carbons (Fsp3) is 0.645. The lowest BCUT2D eigenvalue weighted by molar-refractivity contribution is -0.121. The van der Waals surface area contributed by atoms with Crippen molar-refractivity contribution in [3.63, 3.8) is 0 Å². The highest BCUT2D eigenvalue weighted by Crippen LogP contribution is 2.39. The second-order valence-corrected chi connectivity index (χ2v) is 16.7. The number of amides is 1. The van der Waals surface area contributed by atoms with Crippen molar-refractivity contribution in [2.24, 2.45) is 11.8 Å². The second kappa shape index (κ2) is 15.0. The number of aliphatic hydroxyl groups excluding tert-OH is 2. The predicted octanol–water partition coefficient (Wildman–Crippen LogP) is 6.18. The molecule has 0 bridgehead atoms. The summed E-state index contributed by atoms with van der Waals surface area (Å²) in [4.78, 5) is 11.6. The van der Waals surface area contributed by atoms with Crippen molar-refractivity contribution >= 4 is 14.2 Å². The number of carbonyl (C=O) groups excluding carboxylic acids is 1. The van der Waals surface area contributed by atoms with E-state index in [1.54, 1.807) is 0 Å². The van der Waals surface area contributed by atoms with Gasteiger partial charge in [0, 0.05) is 25.3 Å². The van der Waals surface area contributed by atoms with E-state index in [0.29, 0.717) is 25.8 Å². The Morgan fingerprint density at radius 3 is 2.51 bits per heavy atom. The number of nitrogens with one attached hydrogen (secondary N) is 1. The minimum absolute atomic E-state index is 0.0199. The normalized spacial score (nSPS) is 23.7. The zero-order valence-electron chi connectivity index (χ0n) is 24.0. The van der Waals surface area contributed by atoms with Gasteiger partial charge in [-0.1, -0.05) is 75.4 Å². The Hall–Kier alpha value is -1.73. The van der Waals surface area contributed by atoms with Crippen LogP contribution in [0.5, 0.6) is 0 Å². The molecule has 0 heterocycles. The van der Waals surface area contributed by atoms with E-state index in [2.05, 4.69) is 87.8 Å². The van der Waals surface area contributed by atoms with Crippen molar-refractivity contribution in [1.29, 1.82) is 0 Å². The highest BCUT2D eigenvalue weighted by molar-refractivity contribution is 6.74. The van der Waals surface area contributed by atoms with Crippen LogP contribution in [0.25, 0.3) is 0 Å². The van der Waals surface area contributed by atoms with Crippen LogP contribution in [-0.4, -0.2) is 49.3 Å². The minimum Gasteiger partial charge on any atom is -0.411 e. The van der Waals surface area contributed by atoms with Gasteiger partial charge < -0.3 is 20.0 Å². The molecule has 6 heteroatoms. The summed E-state index contributed by atoms with van der Waals surface area (Å²) in [6.07, 6.45) is 12.5. The van der Waals surface area contributed by atoms with Crippen molar-refractivity contribution in [1.82, 2.24) is 5.32 Å². The molecule has 1 aliphatic rings. The molecule has 1 aliphatic carbocycles. The molecule has 0 aliphatic heterocycles. The van der Waals surface area contributed by atoms with Crippen LogP contribution in [0.3, 0.4) is 0 Å². The Morgan fingerprint density at radius 2 is 1.86 bits per heavy atom. The van der Waals surface area contributed by atoms with Gasteiger partial charge in [0.1, 0.15) is 0 Å². The maximum atomic E-state index is 11.6. The molecule has 1 amide bonds. The van der Waals surface area contributed by atoms with Gasteiger partial charge >= 0.3 is 0 Å². The average molecular weight is 530 g/mol. The average Bonchev–Trinajstić information content (AvgIpc) is 3.09. The predicted molar refractivity (Wildman–Crippen MR) is 156 cm³/mol. The summed E-state index contributed by atoms with van der Waals surface area (Å²) in [5.41, 5.74) is 1.30. The molecule has 2 rings (SSSR count).